The summed E-state index contributed by atoms with van der Waals surface area (Å²) in [5.41, 5.74) is -2.55. The topological polar surface area (TPSA) is 71.8 Å². The number of carbonyl (C=O) groups excluding carboxylic acids is 1. The summed E-state index contributed by atoms with van der Waals surface area (Å²) in [4.78, 5) is 26.7. The highest BCUT2D eigenvalue weighted by Gasteiger charge is 2.36. The minimum atomic E-state index is -4.78. The molecule has 1 amide bonds. The zero-order chi connectivity index (χ0) is 21.5. The summed E-state index contributed by atoms with van der Waals surface area (Å²) in [5, 5.41) is 9.96. The fourth-order valence-electron chi connectivity index (χ4n) is 3.09. The summed E-state index contributed by atoms with van der Waals surface area (Å²) in [7, 11) is 4.07. The van der Waals surface area contributed by atoms with Crippen molar-refractivity contribution >= 4 is 22.5 Å². The summed E-state index contributed by atoms with van der Waals surface area (Å²) in [5.74, 6) is -1.40. The van der Waals surface area contributed by atoms with Crippen LogP contribution in [0.15, 0.2) is 47.3 Å². The SMILES string of the molecule is COc1ccc(N(C)C(=O)c2c(O)c3c(C(F)(F)F)cccc3n(C)c2=O)cc1. The smallest absolute Gasteiger partial charge is 0.417 e. The summed E-state index contributed by atoms with van der Waals surface area (Å²) in [6.07, 6.45) is -4.78. The molecule has 152 valence electrons. The van der Waals surface area contributed by atoms with E-state index in [2.05, 4.69) is 0 Å². The van der Waals surface area contributed by atoms with Crippen LogP contribution >= 0.6 is 0 Å². The largest absolute Gasteiger partial charge is 0.506 e. The Morgan fingerprint density at radius 1 is 1.14 bits per heavy atom. The van der Waals surface area contributed by atoms with Crippen molar-refractivity contribution in [1.29, 1.82) is 0 Å². The molecule has 3 rings (SSSR count). The molecule has 0 unspecified atom stereocenters. The molecular weight excluding hydrogens is 389 g/mol. The van der Waals surface area contributed by atoms with Crippen LogP contribution < -0.4 is 15.2 Å². The van der Waals surface area contributed by atoms with E-state index in [0.29, 0.717) is 11.4 Å². The normalized spacial score (nSPS) is 11.5. The van der Waals surface area contributed by atoms with Gasteiger partial charge in [-0.05, 0) is 36.4 Å². The standard InChI is InChI=1S/C20H17F3N2O4/c1-24(11-7-9-12(29-3)10-8-11)18(27)16-17(26)15-13(20(21,22)23)5-4-6-14(15)25(2)19(16)28/h4-10,26H,1-3H3. The van der Waals surface area contributed by atoms with Crippen LogP contribution in [-0.2, 0) is 13.2 Å². The molecule has 0 bridgehead atoms. The van der Waals surface area contributed by atoms with Gasteiger partial charge in [-0.3, -0.25) is 9.59 Å². The van der Waals surface area contributed by atoms with Crippen LogP contribution in [0.4, 0.5) is 18.9 Å². The Morgan fingerprint density at radius 3 is 2.31 bits per heavy atom. The van der Waals surface area contributed by atoms with Gasteiger partial charge in [-0.15, -0.1) is 0 Å². The molecule has 0 spiro atoms. The highest BCUT2D eigenvalue weighted by molar-refractivity contribution is 6.10. The maximum atomic E-state index is 13.5. The van der Waals surface area contributed by atoms with Crippen molar-refractivity contribution in [3.8, 4) is 11.5 Å². The van der Waals surface area contributed by atoms with Crippen molar-refractivity contribution in [2.24, 2.45) is 7.05 Å². The van der Waals surface area contributed by atoms with E-state index in [4.69, 9.17) is 4.74 Å². The average molecular weight is 406 g/mol. The van der Waals surface area contributed by atoms with Crippen LogP contribution in [0, 0.1) is 0 Å². The molecule has 0 saturated heterocycles. The molecule has 0 aliphatic carbocycles. The number of pyridine rings is 1. The fraction of sp³-hybridized carbons (Fsp3) is 0.200. The third-order valence-electron chi connectivity index (χ3n) is 4.68. The van der Waals surface area contributed by atoms with Crippen LogP contribution in [-0.4, -0.2) is 29.7 Å². The molecule has 0 fully saturated rings. The second-order valence-electron chi connectivity index (χ2n) is 6.35. The number of hydrogen-bond donors (Lipinski definition) is 1. The van der Waals surface area contributed by atoms with Gasteiger partial charge in [0.1, 0.15) is 17.1 Å². The first-order chi connectivity index (χ1) is 13.6. The van der Waals surface area contributed by atoms with Crippen molar-refractivity contribution in [3.63, 3.8) is 0 Å². The van der Waals surface area contributed by atoms with Crippen LogP contribution in [0.2, 0.25) is 0 Å². The number of aromatic nitrogens is 1. The molecule has 0 radical (unpaired) electrons. The maximum Gasteiger partial charge on any atom is 0.417 e. The highest BCUT2D eigenvalue weighted by Crippen LogP contribution is 2.39. The Labute approximate surface area is 163 Å². The van der Waals surface area contributed by atoms with Gasteiger partial charge in [-0.2, -0.15) is 13.2 Å². The first-order valence-corrected chi connectivity index (χ1v) is 8.42. The number of fused-ring (bicyclic) bond motifs is 1. The third kappa shape index (κ3) is 3.39. The molecule has 1 heterocycles. The van der Waals surface area contributed by atoms with E-state index < -0.39 is 39.9 Å². The first-order valence-electron chi connectivity index (χ1n) is 8.42. The number of rotatable bonds is 3. The van der Waals surface area contributed by atoms with Gasteiger partial charge in [0.15, 0.2) is 0 Å². The van der Waals surface area contributed by atoms with Gasteiger partial charge in [-0.25, -0.2) is 0 Å². The lowest BCUT2D eigenvalue weighted by Gasteiger charge is -2.20. The van der Waals surface area contributed by atoms with E-state index in [9.17, 15) is 27.9 Å². The quantitative estimate of drug-likeness (QED) is 0.722. The molecular formula is C20H17F3N2O4. The summed E-state index contributed by atoms with van der Waals surface area (Å²) < 4.78 is 46.3. The van der Waals surface area contributed by atoms with Gasteiger partial charge in [0.25, 0.3) is 11.5 Å². The van der Waals surface area contributed by atoms with Crippen LogP contribution in [0.3, 0.4) is 0 Å². The number of aryl methyl sites for hydroxylation is 1. The van der Waals surface area contributed by atoms with Gasteiger partial charge >= 0.3 is 6.18 Å². The molecule has 1 aromatic heterocycles. The number of nitrogens with zero attached hydrogens (tertiary/aromatic N) is 2. The molecule has 0 aliphatic rings. The Balaban J connectivity index is 2.23. The molecule has 9 heteroatoms. The number of anilines is 1. The van der Waals surface area contributed by atoms with Gasteiger partial charge in [0.2, 0.25) is 0 Å². The number of carbonyl (C=O) groups is 1. The summed E-state index contributed by atoms with van der Waals surface area (Å²) >= 11 is 0. The number of aromatic hydroxyl groups is 1. The first kappa shape index (κ1) is 20.2. The van der Waals surface area contributed by atoms with E-state index in [1.807, 2.05) is 0 Å². The van der Waals surface area contributed by atoms with Gasteiger partial charge in [0, 0.05) is 19.8 Å². The number of alkyl halides is 3. The lowest BCUT2D eigenvalue weighted by Crippen LogP contribution is -2.34. The van der Waals surface area contributed by atoms with Crippen LogP contribution in [0.1, 0.15) is 15.9 Å². The van der Waals surface area contributed by atoms with E-state index >= 15 is 0 Å². The van der Waals surface area contributed by atoms with E-state index in [1.54, 1.807) is 24.3 Å². The Morgan fingerprint density at radius 2 is 1.76 bits per heavy atom. The zero-order valence-electron chi connectivity index (χ0n) is 15.7. The van der Waals surface area contributed by atoms with Crippen LogP contribution in [0.25, 0.3) is 10.9 Å². The number of methoxy groups -OCH3 is 1. The molecule has 6 nitrogen and oxygen atoms in total. The summed E-state index contributed by atoms with van der Waals surface area (Å²) in [6.45, 7) is 0. The predicted octanol–water partition coefficient (Wildman–Crippen LogP) is 3.55. The van der Waals surface area contributed by atoms with E-state index in [0.717, 1.165) is 21.6 Å². The van der Waals surface area contributed by atoms with E-state index in [1.165, 1.54) is 27.3 Å². The van der Waals surface area contributed by atoms with Crippen LogP contribution in [0.5, 0.6) is 11.5 Å². The average Bonchev–Trinajstić information content (AvgIpc) is 2.70. The van der Waals surface area contributed by atoms with Crippen molar-refractivity contribution in [3.05, 3.63) is 63.9 Å². The number of halogens is 3. The Bertz CT molecular complexity index is 1150. The Hall–Kier alpha value is -3.49. The maximum absolute atomic E-state index is 13.5. The molecule has 2 aromatic carbocycles. The van der Waals surface area contributed by atoms with E-state index in [-0.39, 0.29) is 5.52 Å². The van der Waals surface area contributed by atoms with Crippen molar-refractivity contribution in [2.75, 3.05) is 19.1 Å². The molecule has 0 saturated carbocycles. The van der Waals surface area contributed by atoms with Crippen molar-refractivity contribution < 1.29 is 27.8 Å². The second-order valence-corrected chi connectivity index (χ2v) is 6.35. The van der Waals surface area contributed by atoms with Gasteiger partial charge in [-0.1, -0.05) is 6.07 Å². The molecule has 1 N–H and O–H groups in total. The number of ether oxygens (including phenoxy) is 1. The fourth-order valence-corrected chi connectivity index (χ4v) is 3.09. The predicted molar refractivity (Wildman–Crippen MR) is 102 cm³/mol. The highest BCUT2D eigenvalue weighted by atomic mass is 19.4. The van der Waals surface area contributed by atoms with Crippen molar-refractivity contribution in [1.82, 2.24) is 4.57 Å². The van der Waals surface area contributed by atoms with Crippen molar-refractivity contribution in [2.45, 2.75) is 6.18 Å². The second kappa shape index (κ2) is 7.16. The van der Waals surface area contributed by atoms with Gasteiger partial charge in [0.05, 0.1) is 23.6 Å². The number of amides is 1. The molecule has 29 heavy (non-hydrogen) atoms. The van der Waals surface area contributed by atoms with Gasteiger partial charge < -0.3 is 19.3 Å². The molecule has 0 atom stereocenters. The number of benzene rings is 2. The zero-order valence-corrected chi connectivity index (χ0v) is 15.7. The summed E-state index contributed by atoms with van der Waals surface area (Å²) in [6, 6.07) is 9.44. The molecule has 3 aromatic rings. The minimum absolute atomic E-state index is 0.133. The minimum Gasteiger partial charge on any atom is -0.506 e. The third-order valence-corrected chi connectivity index (χ3v) is 4.68. The lowest BCUT2D eigenvalue weighted by molar-refractivity contribution is -0.136. The monoisotopic (exact) mass is 406 g/mol. The number of hydrogen-bond acceptors (Lipinski definition) is 4. The molecule has 0 aliphatic heterocycles. The Kier molecular flexibility index (Phi) is 5.00. The lowest BCUT2D eigenvalue weighted by atomic mass is 10.0.